The fraction of sp³-hybridized carbons (Fsp3) is 0.0952. The molecular formula is C21H16N2O4. The number of anilines is 1. The Morgan fingerprint density at radius 2 is 1.85 bits per heavy atom. The Morgan fingerprint density at radius 3 is 2.70 bits per heavy atom. The van der Waals surface area contributed by atoms with E-state index in [1.54, 1.807) is 18.2 Å². The summed E-state index contributed by atoms with van der Waals surface area (Å²) >= 11 is 0. The van der Waals surface area contributed by atoms with Crippen molar-refractivity contribution in [3.05, 3.63) is 72.6 Å². The molecule has 4 rings (SSSR count). The van der Waals surface area contributed by atoms with Gasteiger partial charge in [-0.3, -0.25) is 4.79 Å². The molecule has 0 aliphatic heterocycles. The van der Waals surface area contributed by atoms with Crippen LogP contribution in [0, 0.1) is 0 Å². The zero-order valence-electron chi connectivity index (χ0n) is 14.5. The van der Waals surface area contributed by atoms with Gasteiger partial charge in [0.25, 0.3) is 5.91 Å². The van der Waals surface area contributed by atoms with Crippen molar-refractivity contribution < 1.29 is 18.7 Å². The summed E-state index contributed by atoms with van der Waals surface area (Å²) in [5.41, 5.74) is 1.79. The molecular weight excluding hydrogens is 344 g/mol. The Morgan fingerprint density at radius 1 is 1.04 bits per heavy atom. The molecule has 1 atom stereocenters. The van der Waals surface area contributed by atoms with Gasteiger partial charge in [-0.05, 0) is 42.0 Å². The fourth-order valence-electron chi connectivity index (χ4n) is 2.84. The second-order valence-electron chi connectivity index (χ2n) is 6.10. The van der Waals surface area contributed by atoms with Gasteiger partial charge >= 0.3 is 5.97 Å². The second kappa shape index (κ2) is 6.92. The molecule has 1 heterocycles. The number of ether oxygens (including phenoxy) is 1. The minimum Gasteiger partial charge on any atom is -0.449 e. The average molecular weight is 360 g/mol. The number of esters is 1. The van der Waals surface area contributed by atoms with Crippen molar-refractivity contribution in [2.75, 3.05) is 5.32 Å². The van der Waals surface area contributed by atoms with Crippen molar-refractivity contribution >= 4 is 39.4 Å². The van der Waals surface area contributed by atoms with Crippen LogP contribution in [-0.2, 0) is 9.53 Å². The van der Waals surface area contributed by atoms with Crippen molar-refractivity contribution in [1.29, 1.82) is 0 Å². The van der Waals surface area contributed by atoms with Crippen LogP contribution in [0.15, 0.2) is 71.5 Å². The standard InChI is InChI=1S/C21H16N2O4/c1-13(27-21(25)17-7-4-8-18-19(17)22-12-26-18)20(24)23-16-10-9-14-5-2-3-6-15(14)11-16/h2-13H,1H3,(H,23,24). The third-order valence-corrected chi connectivity index (χ3v) is 4.25. The number of oxazole rings is 1. The van der Waals surface area contributed by atoms with Crippen molar-refractivity contribution in [3.8, 4) is 0 Å². The largest absolute Gasteiger partial charge is 0.449 e. The number of hydrogen-bond donors (Lipinski definition) is 1. The van der Waals surface area contributed by atoms with E-state index < -0.39 is 18.0 Å². The molecule has 1 N–H and O–H groups in total. The molecule has 0 fully saturated rings. The van der Waals surface area contributed by atoms with Crippen LogP contribution >= 0.6 is 0 Å². The van der Waals surface area contributed by atoms with Crippen LogP contribution in [0.2, 0.25) is 0 Å². The topological polar surface area (TPSA) is 81.4 Å². The van der Waals surface area contributed by atoms with Crippen LogP contribution in [0.5, 0.6) is 0 Å². The van der Waals surface area contributed by atoms with Gasteiger partial charge in [-0.1, -0.05) is 36.4 Å². The predicted octanol–water partition coefficient (Wildman–Crippen LogP) is 4.17. The molecule has 1 aromatic heterocycles. The molecule has 1 unspecified atom stereocenters. The van der Waals surface area contributed by atoms with E-state index in [4.69, 9.17) is 9.15 Å². The van der Waals surface area contributed by atoms with E-state index in [1.165, 1.54) is 13.3 Å². The summed E-state index contributed by atoms with van der Waals surface area (Å²) in [6.45, 7) is 1.53. The van der Waals surface area contributed by atoms with Crippen LogP contribution in [0.25, 0.3) is 21.9 Å². The maximum Gasteiger partial charge on any atom is 0.341 e. The van der Waals surface area contributed by atoms with Crippen LogP contribution in [-0.4, -0.2) is 23.0 Å². The van der Waals surface area contributed by atoms with Gasteiger partial charge in [-0.15, -0.1) is 0 Å². The highest BCUT2D eigenvalue weighted by Crippen LogP contribution is 2.20. The molecule has 0 spiro atoms. The highest BCUT2D eigenvalue weighted by atomic mass is 16.5. The molecule has 0 aliphatic rings. The van der Waals surface area contributed by atoms with Crippen molar-refractivity contribution in [2.24, 2.45) is 0 Å². The average Bonchev–Trinajstić information content (AvgIpc) is 3.16. The van der Waals surface area contributed by atoms with E-state index in [9.17, 15) is 9.59 Å². The predicted molar refractivity (Wildman–Crippen MR) is 101 cm³/mol. The smallest absolute Gasteiger partial charge is 0.341 e. The minimum atomic E-state index is -0.967. The number of rotatable bonds is 4. The molecule has 0 saturated heterocycles. The van der Waals surface area contributed by atoms with Gasteiger partial charge in [-0.25, -0.2) is 9.78 Å². The Hall–Kier alpha value is -3.67. The lowest BCUT2D eigenvalue weighted by Gasteiger charge is -2.14. The number of benzene rings is 3. The van der Waals surface area contributed by atoms with Gasteiger partial charge in [0, 0.05) is 5.69 Å². The van der Waals surface area contributed by atoms with E-state index in [0.717, 1.165) is 10.8 Å². The molecule has 1 amide bonds. The SMILES string of the molecule is CC(OC(=O)c1cccc2ocnc12)C(=O)Nc1ccc2ccccc2c1. The second-order valence-corrected chi connectivity index (χ2v) is 6.10. The number of para-hydroxylation sites is 1. The Balaban J connectivity index is 1.47. The summed E-state index contributed by atoms with van der Waals surface area (Å²) in [5.74, 6) is -1.04. The maximum atomic E-state index is 12.4. The zero-order valence-corrected chi connectivity index (χ0v) is 14.5. The first kappa shape index (κ1) is 16.8. The van der Waals surface area contributed by atoms with Crippen molar-refractivity contribution in [3.63, 3.8) is 0 Å². The van der Waals surface area contributed by atoms with Gasteiger partial charge in [-0.2, -0.15) is 0 Å². The van der Waals surface area contributed by atoms with Gasteiger partial charge in [0.1, 0.15) is 5.52 Å². The zero-order chi connectivity index (χ0) is 18.8. The summed E-state index contributed by atoms with van der Waals surface area (Å²) in [7, 11) is 0. The van der Waals surface area contributed by atoms with Crippen molar-refractivity contribution in [1.82, 2.24) is 4.98 Å². The van der Waals surface area contributed by atoms with Crippen LogP contribution < -0.4 is 5.32 Å². The molecule has 6 heteroatoms. The Bertz CT molecular complexity index is 1150. The van der Waals surface area contributed by atoms with Crippen LogP contribution in [0.1, 0.15) is 17.3 Å². The molecule has 0 saturated carbocycles. The summed E-state index contributed by atoms with van der Waals surface area (Å²) in [4.78, 5) is 28.8. The van der Waals surface area contributed by atoms with Gasteiger partial charge < -0.3 is 14.5 Å². The lowest BCUT2D eigenvalue weighted by atomic mass is 10.1. The van der Waals surface area contributed by atoms with Crippen LogP contribution in [0.3, 0.4) is 0 Å². The van der Waals surface area contributed by atoms with Gasteiger partial charge in [0.2, 0.25) is 0 Å². The first-order valence-corrected chi connectivity index (χ1v) is 8.45. The van der Waals surface area contributed by atoms with E-state index in [2.05, 4.69) is 10.3 Å². The number of aromatic nitrogens is 1. The lowest BCUT2D eigenvalue weighted by Crippen LogP contribution is -2.30. The highest BCUT2D eigenvalue weighted by molar-refractivity contribution is 6.03. The number of nitrogens with zero attached hydrogens (tertiary/aromatic N) is 1. The summed E-state index contributed by atoms with van der Waals surface area (Å²) < 4.78 is 10.5. The van der Waals surface area contributed by atoms with E-state index in [0.29, 0.717) is 16.8 Å². The maximum absolute atomic E-state index is 12.4. The lowest BCUT2D eigenvalue weighted by molar-refractivity contribution is -0.123. The molecule has 0 radical (unpaired) electrons. The molecule has 134 valence electrons. The number of fused-ring (bicyclic) bond motifs is 2. The molecule has 6 nitrogen and oxygen atoms in total. The molecule has 27 heavy (non-hydrogen) atoms. The number of carbonyl (C=O) groups excluding carboxylic acids is 2. The summed E-state index contributed by atoms with van der Waals surface area (Å²) in [6.07, 6.45) is 0.295. The Labute approximate surface area is 154 Å². The molecule has 4 aromatic rings. The Kier molecular flexibility index (Phi) is 4.30. The number of carbonyl (C=O) groups is 2. The number of nitrogens with one attached hydrogen (secondary N) is 1. The fourth-order valence-corrected chi connectivity index (χ4v) is 2.84. The van der Waals surface area contributed by atoms with E-state index in [1.807, 2.05) is 42.5 Å². The van der Waals surface area contributed by atoms with Gasteiger partial charge in [0.15, 0.2) is 18.1 Å². The number of amides is 1. The first-order chi connectivity index (χ1) is 13.1. The summed E-state index contributed by atoms with van der Waals surface area (Å²) in [6, 6.07) is 18.4. The third-order valence-electron chi connectivity index (χ3n) is 4.25. The monoisotopic (exact) mass is 360 g/mol. The minimum absolute atomic E-state index is 0.256. The van der Waals surface area contributed by atoms with E-state index >= 15 is 0 Å². The van der Waals surface area contributed by atoms with Crippen LogP contribution in [0.4, 0.5) is 5.69 Å². The quantitative estimate of drug-likeness (QED) is 0.553. The third kappa shape index (κ3) is 3.37. The normalized spacial score (nSPS) is 12.0. The van der Waals surface area contributed by atoms with Crippen molar-refractivity contribution in [2.45, 2.75) is 13.0 Å². The highest BCUT2D eigenvalue weighted by Gasteiger charge is 2.21. The molecule has 0 bridgehead atoms. The summed E-state index contributed by atoms with van der Waals surface area (Å²) in [5, 5.41) is 4.86. The van der Waals surface area contributed by atoms with E-state index in [-0.39, 0.29) is 5.56 Å². The van der Waals surface area contributed by atoms with Gasteiger partial charge in [0.05, 0.1) is 5.56 Å². The molecule has 0 aliphatic carbocycles. The number of hydrogen-bond acceptors (Lipinski definition) is 5. The first-order valence-electron chi connectivity index (χ1n) is 8.45. The molecule has 3 aromatic carbocycles.